The van der Waals surface area contributed by atoms with Gasteiger partial charge in [0.15, 0.2) is 0 Å². The SMILES string of the molecule is COC(=O)c1ccccc1NC(=O)c1ccc(-c2nc(CSc3ccccc3)c(C)o2)cc1. The number of aromatic nitrogens is 1. The minimum absolute atomic E-state index is 0.293. The standard InChI is InChI=1S/C26H22N2O4S/c1-17-23(16-33-20-8-4-3-5-9-20)28-25(32-17)19-14-12-18(13-15-19)24(29)27-22-11-7-6-10-21(22)26(30)31-2/h3-15H,16H2,1-2H3,(H,27,29). The molecule has 0 radical (unpaired) electrons. The van der Waals surface area contributed by atoms with Gasteiger partial charge in [-0.15, -0.1) is 11.8 Å². The molecule has 4 rings (SSSR count). The molecule has 0 atom stereocenters. The molecule has 33 heavy (non-hydrogen) atoms. The fraction of sp³-hybridized carbons (Fsp3) is 0.115. The van der Waals surface area contributed by atoms with Crippen LogP contribution in [-0.4, -0.2) is 24.0 Å². The number of nitrogens with zero attached hydrogens (tertiary/aromatic N) is 1. The number of esters is 1. The summed E-state index contributed by atoms with van der Waals surface area (Å²) in [5.74, 6) is 1.15. The first-order chi connectivity index (χ1) is 16.0. The number of hydrogen-bond acceptors (Lipinski definition) is 6. The molecule has 6 nitrogen and oxygen atoms in total. The molecule has 3 aromatic carbocycles. The van der Waals surface area contributed by atoms with Gasteiger partial charge in [0.1, 0.15) is 5.76 Å². The molecule has 0 fully saturated rings. The third-order valence-electron chi connectivity index (χ3n) is 4.99. The number of thioether (sulfide) groups is 1. The molecule has 0 bridgehead atoms. The van der Waals surface area contributed by atoms with Crippen LogP contribution < -0.4 is 5.32 Å². The van der Waals surface area contributed by atoms with E-state index in [1.54, 1.807) is 60.3 Å². The van der Waals surface area contributed by atoms with Crippen LogP contribution in [0.4, 0.5) is 5.69 Å². The van der Waals surface area contributed by atoms with E-state index in [2.05, 4.69) is 22.4 Å². The van der Waals surface area contributed by atoms with E-state index in [4.69, 9.17) is 9.15 Å². The second kappa shape index (κ2) is 10.2. The fourth-order valence-electron chi connectivity index (χ4n) is 3.19. The summed E-state index contributed by atoms with van der Waals surface area (Å²) in [5.41, 5.74) is 2.80. The van der Waals surface area contributed by atoms with Crippen LogP contribution >= 0.6 is 11.8 Å². The molecule has 0 saturated heterocycles. The van der Waals surface area contributed by atoms with Gasteiger partial charge >= 0.3 is 5.97 Å². The third kappa shape index (κ3) is 5.32. The number of para-hydroxylation sites is 1. The van der Waals surface area contributed by atoms with Crippen LogP contribution in [0.2, 0.25) is 0 Å². The Balaban J connectivity index is 1.45. The molecule has 0 aliphatic carbocycles. The molecule has 0 aliphatic rings. The number of oxazole rings is 1. The van der Waals surface area contributed by atoms with Gasteiger partial charge in [-0.1, -0.05) is 30.3 Å². The van der Waals surface area contributed by atoms with E-state index in [-0.39, 0.29) is 5.91 Å². The number of nitrogens with one attached hydrogen (secondary N) is 1. The van der Waals surface area contributed by atoms with E-state index in [9.17, 15) is 9.59 Å². The zero-order chi connectivity index (χ0) is 23.2. The minimum atomic E-state index is -0.512. The summed E-state index contributed by atoms with van der Waals surface area (Å²) in [6, 6.07) is 23.8. The number of benzene rings is 3. The lowest BCUT2D eigenvalue weighted by atomic mass is 10.1. The molecule has 1 aromatic heterocycles. The van der Waals surface area contributed by atoms with E-state index in [0.717, 1.165) is 17.0 Å². The van der Waals surface area contributed by atoms with E-state index >= 15 is 0 Å². The van der Waals surface area contributed by atoms with Gasteiger partial charge in [-0.05, 0) is 55.5 Å². The zero-order valence-electron chi connectivity index (χ0n) is 18.2. The summed E-state index contributed by atoms with van der Waals surface area (Å²) in [4.78, 5) is 30.4. The number of hydrogen-bond donors (Lipinski definition) is 1. The van der Waals surface area contributed by atoms with Crippen LogP contribution in [0, 0.1) is 6.92 Å². The Morgan fingerprint density at radius 3 is 2.39 bits per heavy atom. The average Bonchev–Trinajstić information content (AvgIpc) is 3.23. The molecule has 0 aliphatic heterocycles. The van der Waals surface area contributed by atoms with Gasteiger partial charge in [-0.25, -0.2) is 9.78 Å². The van der Waals surface area contributed by atoms with Crippen molar-refractivity contribution in [3.63, 3.8) is 0 Å². The third-order valence-corrected chi connectivity index (χ3v) is 6.01. The normalized spacial score (nSPS) is 10.6. The number of ether oxygens (including phenoxy) is 1. The lowest BCUT2D eigenvalue weighted by molar-refractivity contribution is 0.0602. The van der Waals surface area contributed by atoms with Gasteiger partial charge in [0.05, 0.1) is 24.1 Å². The lowest BCUT2D eigenvalue weighted by Crippen LogP contribution is -2.15. The Morgan fingerprint density at radius 1 is 0.970 bits per heavy atom. The fourth-order valence-corrected chi connectivity index (χ4v) is 4.11. The number of carbonyl (C=O) groups excluding carboxylic acids is 2. The number of carbonyl (C=O) groups is 2. The highest BCUT2D eigenvalue weighted by molar-refractivity contribution is 7.98. The van der Waals surface area contributed by atoms with Crippen molar-refractivity contribution >= 4 is 29.3 Å². The maximum Gasteiger partial charge on any atom is 0.339 e. The maximum atomic E-state index is 12.7. The van der Waals surface area contributed by atoms with Crippen LogP contribution in [-0.2, 0) is 10.5 Å². The number of anilines is 1. The van der Waals surface area contributed by atoms with Crippen LogP contribution in [0.15, 0.2) is 88.2 Å². The topological polar surface area (TPSA) is 81.4 Å². The van der Waals surface area contributed by atoms with Crippen molar-refractivity contribution < 1.29 is 18.7 Å². The molecule has 7 heteroatoms. The smallest absolute Gasteiger partial charge is 0.339 e. The molecule has 1 amide bonds. The van der Waals surface area contributed by atoms with Gasteiger partial charge in [-0.3, -0.25) is 4.79 Å². The Bertz CT molecular complexity index is 1270. The monoisotopic (exact) mass is 458 g/mol. The number of methoxy groups -OCH3 is 1. The van der Waals surface area contributed by atoms with Gasteiger partial charge < -0.3 is 14.5 Å². The summed E-state index contributed by atoms with van der Waals surface area (Å²) in [6.07, 6.45) is 0. The van der Waals surface area contributed by atoms with Crippen molar-refractivity contribution in [2.24, 2.45) is 0 Å². The largest absolute Gasteiger partial charge is 0.465 e. The van der Waals surface area contributed by atoms with Crippen molar-refractivity contribution in [1.82, 2.24) is 4.98 Å². The van der Waals surface area contributed by atoms with E-state index in [1.807, 2.05) is 25.1 Å². The average molecular weight is 459 g/mol. The maximum absolute atomic E-state index is 12.7. The number of aryl methyl sites for hydroxylation is 1. The summed E-state index contributed by atoms with van der Waals surface area (Å²) in [7, 11) is 1.30. The summed E-state index contributed by atoms with van der Waals surface area (Å²) >= 11 is 1.70. The predicted molar refractivity (Wildman–Crippen MR) is 128 cm³/mol. The Morgan fingerprint density at radius 2 is 1.67 bits per heavy atom. The molecule has 0 saturated carbocycles. The quantitative estimate of drug-likeness (QED) is 0.271. The highest BCUT2D eigenvalue weighted by Crippen LogP contribution is 2.28. The zero-order valence-corrected chi connectivity index (χ0v) is 19.0. The molecule has 1 heterocycles. The van der Waals surface area contributed by atoms with Gasteiger partial charge in [-0.2, -0.15) is 0 Å². The van der Waals surface area contributed by atoms with Crippen LogP contribution in [0.1, 0.15) is 32.2 Å². The van der Waals surface area contributed by atoms with Crippen LogP contribution in [0.5, 0.6) is 0 Å². The molecule has 0 unspecified atom stereocenters. The van der Waals surface area contributed by atoms with E-state index in [1.165, 1.54) is 12.0 Å². The van der Waals surface area contributed by atoms with Gasteiger partial charge in [0.25, 0.3) is 5.91 Å². The first-order valence-electron chi connectivity index (χ1n) is 10.3. The Hall–Kier alpha value is -3.84. The second-order valence-electron chi connectivity index (χ2n) is 7.19. The van der Waals surface area contributed by atoms with Crippen molar-refractivity contribution in [1.29, 1.82) is 0 Å². The van der Waals surface area contributed by atoms with Crippen molar-refractivity contribution in [2.75, 3.05) is 12.4 Å². The van der Waals surface area contributed by atoms with E-state index < -0.39 is 5.97 Å². The molecule has 0 spiro atoms. The van der Waals surface area contributed by atoms with Crippen LogP contribution in [0.25, 0.3) is 11.5 Å². The molecular weight excluding hydrogens is 436 g/mol. The highest BCUT2D eigenvalue weighted by Gasteiger charge is 2.16. The van der Waals surface area contributed by atoms with Gasteiger partial charge in [0.2, 0.25) is 5.89 Å². The predicted octanol–water partition coefficient (Wildman–Crippen LogP) is 5.98. The van der Waals surface area contributed by atoms with E-state index in [0.29, 0.717) is 28.5 Å². The van der Waals surface area contributed by atoms with Gasteiger partial charge in [0, 0.05) is 21.8 Å². The number of amides is 1. The molecular formula is C26H22N2O4S. The molecule has 166 valence electrons. The second-order valence-corrected chi connectivity index (χ2v) is 8.24. The van der Waals surface area contributed by atoms with Crippen molar-refractivity contribution in [2.45, 2.75) is 17.6 Å². The van der Waals surface area contributed by atoms with Crippen molar-refractivity contribution in [3.8, 4) is 11.5 Å². The minimum Gasteiger partial charge on any atom is -0.465 e. The summed E-state index contributed by atoms with van der Waals surface area (Å²) in [5, 5.41) is 2.77. The lowest BCUT2D eigenvalue weighted by Gasteiger charge is -2.09. The number of rotatable bonds is 7. The Kier molecular flexibility index (Phi) is 6.90. The first-order valence-corrected chi connectivity index (χ1v) is 11.3. The summed E-state index contributed by atoms with van der Waals surface area (Å²) in [6.45, 7) is 1.90. The Labute approximate surface area is 196 Å². The molecule has 1 N–H and O–H groups in total. The highest BCUT2D eigenvalue weighted by atomic mass is 32.2. The first kappa shape index (κ1) is 22.4. The summed E-state index contributed by atoms with van der Waals surface area (Å²) < 4.78 is 10.6. The van der Waals surface area contributed by atoms with Crippen molar-refractivity contribution in [3.05, 3.63) is 101 Å². The molecule has 4 aromatic rings. The van der Waals surface area contributed by atoms with Crippen LogP contribution in [0.3, 0.4) is 0 Å².